The van der Waals surface area contributed by atoms with Crippen molar-refractivity contribution >= 4 is 11.7 Å². The summed E-state index contributed by atoms with van der Waals surface area (Å²) in [6.45, 7) is 17.5. The van der Waals surface area contributed by atoms with E-state index in [-0.39, 0.29) is 10.8 Å². The van der Waals surface area contributed by atoms with E-state index >= 15 is 0 Å². The maximum atomic E-state index is 13.5. The van der Waals surface area contributed by atoms with Gasteiger partial charge >= 0.3 is 0 Å². The van der Waals surface area contributed by atoms with E-state index < -0.39 is 0 Å². The highest BCUT2D eigenvalue weighted by atomic mass is 16.2. The minimum atomic E-state index is -0.0433. The Morgan fingerprint density at radius 1 is 1.03 bits per heavy atom. The lowest BCUT2D eigenvalue weighted by molar-refractivity contribution is -0.135. The van der Waals surface area contributed by atoms with Gasteiger partial charge in [-0.3, -0.25) is 4.79 Å². The number of carbonyl (C=O) groups is 1. The summed E-state index contributed by atoms with van der Waals surface area (Å²) in [6.07, 6.45) is 8.23. The molecule has 0 radical (unpaired) electrons. The molecule has 4 aliphatic rings. The summed E-state index contributed by atoms with van der Waals surface area (Å²) >= 11 is 0. The summed E-state index contributed by atoms with van der Waals surface area (Å²) in [5, 5.41) is 0. The van der Waals surface area contributed by atoms with Crippen molar-refractivity contribution in [2.24, 2.45) is 28.6 Å². The van der Waals surface area contributed by atoms with Crippen LogP contribution in [0.1, 0.15) is 91.1 Å². The molecule has 2 bridgehead atoms. The second-order valence-corrected chi connectivity index (χ2v) is 13.3. The Bertz CT molecular complexity index is 893. The Kier molecular flexibility index (Phi) is 5.57. The molecule has 2 saturated carbocycles. The number of amides is 1. The Hall–Kier alpha value is -1.65. The summed E-state index contributed by atoms with van der Waals surface area (Å²) in [7, 11) is 0. The molecule has 1 aromatic rings. The van der Waals surface area contributed by atoms with E-state index in [4.69, 9.17) is 9.97 Å². The lowest BCUT2D eigenvalue weighted by Gasteiger charge is -2.39. The highest BCUT2D eigenvalue weighted by Crippen LogP contribution is 2.67. The molecule has 1 amide bonds. The number of carbonyl (C=O) groups excluding carboxylic acids is 1. The molecule has 5 heteroatoms. The van der Waals surface area contributed by atoms with Crippen LogP contribution in [-0.4, -0.2) is 47.0 Å². The number of aromatic nitrogens is 2. The van der Waals surface area contributed by atoms with E-state index in [1.54, 1.807) is 0 Å². The smallest absolute Gasteiger partial charge is 0.223 e. The van der Waals surface area contributed by atoms with Gasteiger partial charge in [0.25, 0.3) is 0 Å². The van der Waals surface area contributed by atoms with Crippen LogP contribution in [0.2, 0.25) is 0 Å². The van der Waals surface area contributed by atoms with Crippen LogP contribution in [0.3, 0.4) is 0 Å². The molecule has 2 saturated heterocycles. The van der Waals surface area contributed by atoms with E-state index in [1.165, 1.54) is 25.7 Å². The zero-order valence-electron chi connectivity index (χ0n) is 21.8. The van der Waals surface area contributed by atoms with Gasteiger partial charge in [-0.2, -0.15) is 0 Å². The molecule has 0 aromatic carbocycles. The van der Waals surface area contributed by atoms with Gasteiger partial charge < -0.3 is 9.80 Å². The minimum Gasteiger partial charge on any atom is -0.356 e. The number of rotatable bonds is 3. The van der Waals surface area contributed by atoms with Crippen LogP contribution in [0.25, 0.3) is 0 Å². The maximum absolute atomic E-state index is 13.5. The SMILES string of the molecule is Cc1cc(N2C[C@H]3CCN(C(=O)CC45CCC(CC4)C5(C)C)CC[C@H]3C2)nc(C(C)(C)C)n1. The highest BCUT2D eigenvalue weighted by molar-refractivity contribution is 5.77. The van der Waals surface area contributed by atoms with Gasteiger partial charge in [0, 0.05) is 49.8 Å². The molecule has 1 aromatic heterocycles. The summed E-state index contributed by atoms with van der Waals surface area (Å²) in [5.41, 5.74) is 1.62. The number of hydrogen-bond donors (Lipinski definition) is 0. The van der Waals surface area contributed by atoms with Crippen LogP contribution in [0, 0.1) is 35.5 Å². The number of hydrogen-bond acceptors (Lipinski definition) is 4. The number of aryl methyl sites for hydroxylation is 1. The zero-order valence-corrected chi connectivity index (χ0v) is 21.8. The van der Waals surface area contributed by atoms with Crippen LogP contribution >= 0.6 is 0 Å². The second kappa shape index (κ2) is 7.95. The first-order valence-electron chi connectivity index (χ1n) is 13.4. The molecule has 2 aliphatic carbocycles. The third-order valence-corrected chi connectivity index (χ3v) is 10.1. The first-order valence-corrected chi connectivity index (χ1v) is 13.4. The molecular formula is C28H44N4O. The van der Waals surface area contributed by atoms with Crippen molar-refractivity contribution in [2.45, 2.75) is 91.9 Å². The fourth-order valence-corrected chi connectivity index (χ4v) is 7.61. The largest absolute Gasteiger partial charge is 0.356 e. The van der Waals surface area contributed by atoms with Gasteiger partial charge in [-0.15, -0.1) is 0 Å². The molecular weight excluding hydrogens is 408 g/mol. The van der Waals surface area contributed by atoms with E-state index in [0.29, 0.717) is 23.2 Å². The van der Waals surface area contributed by atoms with Gasteiger partial charge in [0.2, 0.25) is 5.91 Å². The lowest BCUT2D eigenvalue weighted by atomic mass is 9.67. The Morgan fingerprint density at radius 3 is 2.15 bits per heavy atom. The van der Waals surface area contributed by atoms with Gasteiger partial charge in [0.05, 0.1) is 0 Å². The van der Waals surface area contributed by atoms with Crippen molar-refractivity contribution in [3.05, 3.63) is 17.6 Å². The minimum absolute atomic E-state index is 0.0433. The molecule has 5 nitrogen and oxygen atoms in total. The number of likely N-dealkylation sites (tertiary alicyclic amines) is 1. The first-order chi connectivity index (χ1) is 15.5. The summed E-state index contributed by atoms with van der Waals surface area (Å²) < 4.78 is 0. The third kappa shape index (κ3) is 3.97. The summed E-state index contributed by atoms with van der Waals surface area (Å²) in [4.78, 5) is 27.8. The molecule has 5 rings (SSSR count). The fourth-order valence-electron chi connectivity index (χ4n) is 7.61. The molecule has 2 atom stereocenters. The molecule has 0 N–H and O–H groups in total. The van der Waals surface area contributed by atoms with Crippen molar-refractivity contribution in [3.63, 3.8) is 0 Å². The predicted octanol–water partition coefficient (Wildman–Crippen LogP) is 5.36. The normalized spacial score (nSPS) is 33.3. The van der Waals surface area contributed by atoms with Crippen LogP contribution < -0.4 is 4.90 Å². The maximum Gasteiger partial charge on any atom is 0.223 e. The molecule has 182 valence electrons. The molecule has 4 fully saturated rings. The molecule has 33 heavy (non-hydrogen) atoms. The predicted molar refractivity (Wildman–Crippen MR) is 133 cm³/mol. The average Bonchev–Trinajstić information content (AvgIpc) is 3.27. The second-order valence-electron chi connectivity index (χ2n) is 13.3. The third-order valence-electron chi connectivity index (χ3n) is 10.1. The Morgan fingerprint density at radius 2 is 1.64 bits per heavy atom. The average molecular weight is 453 g/mol. The molecule has 0 spiro atoms. The Balaban J connectivity index is 1.22. The van der Waals surface area contributed by atoms with Crippen molar-refractivity contribution in [2.75, 3.05) is 31.1 Å². The zero-order chi connectivity index (χ0) is 23.6. The standard InChI is InChI=1S/C28H44N4O/c1-19-15-23(30-25(29-19)26(2,3)4)32-17-20-9-13-31(14-10-21(20)18-32)24(33)16-28-11-7-22(8-12-28)27(28,5)6/h15,20-22H,7-14,16-18H2,1-6H3/t20-,21+,22?,28?. The fraction of sp³-hybridized carbons (Fsp3) is 0.821. The van der Waals surface area contributed by atoms with Gasteiger partial charge in [0.15, 0.2) is 0 Å². The van der Waals surface area contributed by atoms with Crippen LogP contribution in [0.4, 0.5) is 5.82 Å². The first kappa shape index (κ1) is 23.1. The van der Waals surface area contributed by atoms with Crippen molar-refractivity contribution in [3.8, 4) is 0 Å². The summed E-state index contributed by atoms with van der Waals surface area (Å²) in [6, 6.07) is 2.15. The summed E-state index contributed by atoms with van der Waals surface area (Å²) in [5.74, 6) is 4.62. The molecule has 0 unspecified atom stereocenters. The van der Waals surface area contributed by atoms with Gasteiger partial charge in [0.1, 0.15) is 11.6 Å². The van der Waals surface area contributed by atoms with Crippen LogP contribution in [-0.2, 0) is 10.2 Å². The van der Waals surface area contributed by atoms with Crippen molar-refractivity contribution in [1.82, 2.24) is 14.9 Å². The van der Waals surface area contributed by atoms with E-state index in [2.05, 4.69) is 57.4 Å². The van der Waals surface area contributed by atoms with Gasteiger partial charge in [-0.05, 0) is 74.0 Å². The monoisotopic (exact) mass is 452 g/mol. The topological polar surface area (TPSA) is 49.3 Å². The number of nitrogens with zero attached hydrogens (tertiary/aromatic N) is 4. The lowest BCUT2D eigenvalue weighted by Crippen LogP contribution is -2.40. The van der Waals surface area contributed by atoms with Gasteiger partial charge in [-0.1, -0.05) is 34.6 Å². The van der Waals surface area contributed by atoms with E-state index in [1.807, 2.05) is 0 Å². The Labute approximate surface area is 200 Å². The quantitative estimate of drug-likeness (QED) is 0.619. The van der Waals surface area contributed by atoms with Crippen molar-refractivity contribution in [1.29, 1.82) is 0 Å². The van der Waals surface area contributed by atoms with Gasteiger partial charge in [-0.25, -0.2) is 9.97 Å². The number of anilines is 1. The van der Waals surface area contributed by atoms with Crippen LogP contribution in [0.5, 0.6) is 0 Å². The van der Waals surface area contributed by atoms with E-state index in [0.717, 1.165) is 68.7 Å². The highest BCUT2D eigenvalue weighted by Gasteiger charge is 2.59. The van der Waals surface area contributed by atoms with E-state index in [9.17, 15) is 4.79 Å². The van der Waals surface area contributed by atoms with Crippen molar-refractivity contribution < 1.29 is 4.79 Å². The molecule has 3 heterocycles. The van der Waals surface area contributed by atoms with Crippen LogP contribution in [0.15, 0.2) is 6.07 Å². The molecule has 2 aliphatic heterocycles. The number of fused-ring (bicyclic) bond motifs is 3.